The number of hydroxylamine groups is 2. The molecular weight excluding hydrogens is 114 g/mol. The van der Waals surface area contributed by atoms with Gasteiger partial charge in [0.05, 0.1) is 7.11 Å². The van der Waals surface area contributed by atoms with Crippen LogP contribution in [0.2, 0.25) is 0 Å². The van der Waals surface area contributed by atoms with Gasteiger partial charge in [-0.15, -0.1) is 0 Å². The molecule has 2 nitrogen and oxygen atoms in total. The lowest BCUT2D eigenvalue weighted by molar-refractivity contribution is -0.0650. The molecule has 0 rings (SSSR count). The van der Waals surface area contributed by atoms with E-state index in [0.29, 0.717) is 0 Å². The highest BCUT2D eigenvalue weighted by atomic mass is 16.7. The van der Waals surface area contributed by atoms with Gasteiger partial charge >= 0.3 is 0 Å². The summed E-state index contributed by atoms with van der Waals surface area (Å²) in [7, 11) is 3.44. The van der Waals surface area contributed by atoms with E-state index in [9.17, 15) is 0 Å². The molecule has 0 amide bonds. The molecule has 0 radical (unpaired) electrons. The minimum atomic E-state index is 1.08. The van der Waals surface area contributed by atoms with Gasteiger partial charge in [0, 0.05) is 13.2 Å². The lowest BCUT2D eigenvalue weighted by Crippen LogP contribution is -2.07. The summed E-state index contributed by atoms with van der Waals surface area (Å²) >= 11 is 0. The first-order valence-electron chi connectivity index (χ1n) is 2.78. The van der Waals surface area contributed by atoms with Crippen LogP contribution in [0.3, 0.4) is 0 Å². The molecule has 0 aliphatic carbocycles. The van der Waals surface area contributed by atoms with E-state index in [1.165, 1.54) is 0 Å². The molecular formula is C7H13NO. The summed E-state index contributed by atoms with van der Waals surface area (Å²) in [6.45, 7) is 5.56. The smallest absolute Gasteiger partial charge is 0.0638 e. The fourth-order valence-corrected chi connectivity index (χ4v) is 0.392. The van der Waals surface area contributed by atoms with Crippen LogP contribution in [-0.2, 0) is 4.84 Å². The number of hydrogen-bond donors (Lipinski definition) is 0. The summed E-state index contributed by atoms with van der Waals surface area (Å²) in [6.07, 6.45) is 3.63. The SMILES string of the molecule is C=C/C(C)=C\N(C)OC. The van der Waals surface area contributed by atoms with Gasteiger partial charge in [-0.05, 0) is 12.5 Å². The van der Waals surface area contributed by atoms with Crippen molar-refractivity contribution < 1.29 is 4.84 Å². The highest BCUT2D eigenvalue weighted by Gasteiger charge is 1.84. The molecule has 0 saturated carbocycles. The lowest BCUT2D eigenvalue weighted by Gasteiger charge is -2.09. The Morgan fingerprint density at radius 3 is 2.56 bits per heavy atom. The third-order valence-corrected chi connectivity index (χ3v) is 0.995. The quantitative estimate of drug-likeness (QED) is 0.421. The fraction of sp³-hybridized carbons (Fsp3) is 0.429. The van der Waals surface area contributed by atoms with Crippen LogP contribution in [0.15, 0.2) is 24.4 Å². The Morgan fingerprint density at radius 2 is 2.22 bits per heavy atom. The molecule has 0 unspecified atom stereocenters. The Kier molecular flexibility index (Phi) is 3.80. The molecule has 0 aliphatic rings. The Hall–Kier alpha value is -0.760. The van der Waals surface area contributed by atoms with E-state index in [-0.39, 0.29) is 0 Å². The maximum atomic E-state index is 4.83. The van der Waals surface area contributed by atoms with E-state index in [1.54, 1.807) is 18.2 Å². The van der Waals surface area contributed by atoms with Crippen LogP contribution < -0.4 is 0 Å². The maximum absolute atomic E-state index is 4.83. The van der Waals surface area contributed by atoms with Crippen molar-refractivity contribution in [3.8, 4) is 0 Å². The van der Waals surface area contributed by atoms with E-state index in [4.69, 9.17) is 4.84 Å². The first-order chi connectivity index (χ1) is 4.20. The van der Waals surface area contributed by atoms with E-state index < -0.39 is 0 Å². The average Bonchev–Trinajstić information content (AvgIpc) is 1.87. The number of hydrogen-bond acceptors (Lipinski definition) is 2. The minimum Gasteiger partial charge on any atom is -0.278 e. The Labute approximate surface area is 56.4 Å². The molecule has 0 saturated heterocycles. The van der Waals surface area contributed by atoms with Gasteiger partial charge in [-0.1, -0.05) is 12.7 Å². The first-order valence-corrected chi connectivity index (χ1v) is 2.78. The highest BCUT2D eigenvalue weighted by molar-refractivity contribution is 5.10. The summed E-state index contributed by atoms with van der Waals surface area (Å²) < 4.78 is 0. The molecule has 0 fully saturated rings. The van der Waals surface area contributed by atoms with Crippen LogP contribution in [-0.4, -0.2) is 19.2 Å². The van der Waals surface area contributed by atoms with E-state index >= 15 is 0 Å². The zero-order chi connectivity index (χ0) is 7.28. The van der Waals surface area contributed by atoms with Gasteiger partial charge in [0.15, 0.2) is 0 Å². The Balaban J connectivity index is 3.78. The molecule has 0 aromatic rings. The summed E-state index contributed by atoms with van der Waals surface area (Å²) in [5, 5.41) is 1.62. The molecule has 0 aliphatic heterocycles. The topological polar surface area (TPSA) is 12.5 Å². The van der Waals surface area contributed by atoms with Gasteiger partial charge in [-0.25, -0.2) is 0 Å². The van der Waals surface area contributed by atoms with Gasteiger partial charge in [-0.2, -0.15) is 0 Å². The largest absolute Gasteiger partial charge is 0.278 e. The average molecular weight is 127 g/mol. The van der Waals surface area contributed by atoms with Crippen molar-refractivity contribution in [1.29, 1.82) is 0 Å². The van der Waals surface area contributed by atoms with Crippen molar-refractivity contribution >= 4 is 0 Å². The normalized spacial score (nSPS) is 11.2. The highest BCUT2D eigenvalue weighted by Crippen LogP contribution is 1.94. The number of rotatable bonds is 3. The van der Waals surface area contributed by atoms with Crippen LogP contribution in [0.25, 0.3) is 0 Å². The van der Waals surface area contributed by atoms with E-state index in [0.717, 1.165) is 5.57 Å². The van der Waals surface area contributed by atoms with Crippen LogP contribution in [0.4, 0.5) is 0 Å². The van der Waals surface area contributed by atoms with E-state index in [2.05, 4.69) is 6.58 Å². The van der Waals surface area contributed by atoms with Crippen molar-refractivity contribution in [1.82, 2.24) is 5.06 Å². The van der Waals surface area contributed by atoms with Gasteiger partial charge in [-0.3, -0.25) is 9.90 Å². The summed E-state index contributed by atoms with van der Waals surface area (Å²) in [5.74, 6) is 0. The van der Waals surface area contributed by atoms with Crippen molar-refractivity contribution in [3.63, 3.8) is 0 Å². The molecule has 2 heteroatoms. The zero-order valence-electron chi connectivity index (χ0n) is 6.22. The monoisotopic (exact) mass is 127 g/mol. The number of nitrogens with zero attached hydrogens (tertiary/aromatic N) is 1. The summed E-state index contributed by atoms with van der Waals surface area (Å²) in [5.41, 5.74) is 1.08. The van der Waals surface area contributed by atoms with Crippen molar-refractivity contribution in [2.75, 3.05) is 14.2 Å². The fourth-order valence-electron chi connectivity index (χ4n) is 0.392. The second kappa shape index (κ2) is 4.15. The summed E-state index contributed by atoms with van der Waals surface area (Å²) in [6, 6.07) is 0. The molecule has 0 aromatic heterocycles. The molecule has 0 bridgehead atoms. The van der Waals surface area contributed by atoms with Gasteiger partial charge in [0.2, 0.25) is 0 Å². The number of allylic oxidation sites excluding steroid dienone is 2. The predicted octanol–water partition coefficient (Wildman–Crippen LogP) is 1.57. The molecule has 0 N–H and O–H groups in total. The maximum Gasteiger partial charge on any atom is 0.0638 e. The predicted molar refractivity (Wildman–Crippen MR) is 38.7 cm³/mol. The molecule has 52 valence electrons. The first kappa shape index (κ1) is 8.24. The van der Waals surface area contributed by atoms with Crippen LogP contribution in [0.1, 0.15) is 6.92 Å². The van der Waals surface area contributed by atoms with Crippen LogP contribution >= 0.6 is 0 Å². The lowest BCUT2D eigenvalue weighted by atomic mass is 10.3. The molecule has 0 atom stereocenters. The Morgan fingerprint density at radius 1 is 1.67 bits per heavy atom. The molecule has 0 heterocycles. The van der Waals surface area contributed by atoms with Gasteiger partial charge in [0.1, 0.15) is 0 Å². The standard InChI is InChI=1S/C7H13NO/c1-5-7(2)6-8(3)9-4/h5-6H,1H2,2-4H3/b7-6-. The molecule has 0 spiro atoms. The third-order valence-electron chi connectivity index (χ3n) is 0.995. The Bertz CT molecular complexity index is 118. The van der Waals surface area contributed by atoms with Crippen LogP contribution in [0, 0.1) is 0 Å². The van der Waals surface area contributed by atoms with E-state index in [1.807, 2.05) is 20.2 Å². The van der Waals surface area contributed by atoms with Crippen molar-refractivity contribution in [3.05, 3.63) is 24.4 Å². The summed E-state index contributed by atoms with van der Waals surface area (Å²) in [4.78, 5) is 4.83. The van der Waals surface area contributed by atoms with Gasteiger partial charge < -0.3 is 0 Å². The third kappa shape index (κ3) is 3.79. The zero-order valence-corrected chi connectivity index (χ0v) is 6.22. The second-order valence-corrected chi connectivity index (χ2v) is 1.81. The van der Waals surface area contributed by atoms with Crippen LogP contribution in [0.5, 0.6) is 0 Å². The van der Waals surface area contributed by atoms with Gasteiger partial charge in [0.25, 0.3) is 0 Å². The van der Waals surface area contributed by atoms with Crippen molar-refractivity contribution in [2.24, 2.45) is 0 Å². The molecule has 9 heavy (non-hydrogen) atoms. The minimum absolute atomic E-state index is 1.08. The molecule has 0 aromatic carbocycles. The van der Waals surface area contributed by atoms with Crippen molar-refractivity contribution in [2.45, 2.75) is 6.92 Å². The second-order valence-electron chi connectivity index (χ2n) is 1.81.